The molecular formula is C34H28N2O5S. The molecule has 1 saturated heterocycles. The quantitative estimate of drug-likeness (QED) is 0.126. The number of anilines is 1. The molecule has 0 radical (unpaired) electrons. The summed E-state index contributed by atoms with van der Waals surface area (Å²) in [4.78, 5) is 33.6. The zero-order valence-corrected chi connectivity index (χ0v) is 24.1. The summed E-state index contributed by atoms with van der Waals surface area (Å²) in [5.41, 5.74) is 4.84. The van der Waals surface area contributed by atoms with E-state index in [1.54, 1.807) is 37.4 Å². The van der Waals surface area contributed by atoms with Gasteiger partial charge in [0.2, 0.25) is 0 Å². The minimum absolute atomic E-state index is 0.0162. The molecule has 2 heterocycles. The van der Waals surface area contributed by atoms with Crippen molar-refractivity contribution in [3.8, 4) is 11.5 Å². The number of aliphatic hydroxyl groups excluding tert-OH is 1. The zero-order valence-electron chi connectivity index (χ0n) is 23.3. The van der Waals surface area contributed by atoms with Crippen LogP contribution < -0.4 is 14.4 Å². The number of benzene rings is 4. The molecule has 1 aliphatic rings. The summed E-state index contributed by atoms with van der Waals surface area (Å²) in [5, 5.41) is 11.9. The number of thiazole rings is 1. The van der Waals surface area contributed by atoms with Gasteiger partial charge in [-0.05, 0) is 78.6 Å². The van der Waals surface area contributed by atoms with Gasteiger partial charge in [-0.1, -0.05) is 59.9 Å². The van der Waals surface area contributed by atoms with E-state index in [2.05, 4.69) is 0 Å². The Morgan fingerprint density at radius 3 is 2.43 bits per heavy atom. The maximum Gasteiger partial charge on any atom is 0.301 e. The second-order valence-electron chi connectivity index (χ2n) is 10.2. The van der Waals surface area contributed by atoms with Crippen LogP contribution in [0.4, 0.5) is 5.13 Å². The highest BCUT2D eigenvalue weighted by Crippen LogP contribution is 2.45. The van der Waals surface area contributed by atoms with E-state index in [4.69, 9.17) is 14.5 Å². The highest BCUT2D eigenvalue weighted by molar-refractivity contribution is 7.22. The van der Waals surface area contributed by atoms with E-state index in [1.165, 1.54) is 16.2 Å². The molecule has 210 valence electrons. The van der Waals surface area contributed by atoms with E-state index in [9.17, 15) is 14.7 Å². The number of aliphatic hydroxyl groups is 1. The Bertz CT molecular complexity index is 1840. The van der Waals surface area contributed by atoms with Gasteiger partial charge in [-0.3, -0.25) is 14.5 Å². The Labute approximate surface area is 247 Å². The van der Waals surface area contributed by atoms with Crippen molar-refractivity contribution in [3.63, 3.8) is 0 Å². The summed E-state index contributed by atoms with van der Waals surface area (Å²) in [7, 11) is 1.55. The van der Waals surface area contributed by atoms with E-state index < -0.39 is 17.7 Å². The van der Waals surface area contributed by atoms with Crippen LogP contribution in [0.25, 0.3) is 16.0 Å². The number of Topliss-reactive ketones (excluding diaryl/α,β-unsaturated/α-hetero) is 1. The minimum atomic E-state index is -0.922. The summed E-state index contributed by atoms with van der Waals surface area (Å²) in [5.74, 6) is -0.628. The monoisotopic (exact) mass is 576 g/mol. The minimum Gasteiger partial charge on any atom is -0.507 e. The van der Waals surface area contributed by atoms with Crippen molar-refractivity contribution >= 4 is 44.1 Å². The predicted molar refractivity (Wildman–Crippen MR) is 164 cm³/mol. The third-order valence-electron chi connectivity index (χ3n) is 7.25. The standard InChI is InChI=1S/C34H28N2O5S/c1-20-16-21(2)29-27(17-20)42-34(35-29)36-30(24-10-7-11-26(18-24)41-19-22-8-5-4-6-9-22)28(32(38)33(36)39)31(37)23-12-14-25(40-3)15-13-23/h4-18,30,37H,19H2,1-3H3. The lowest BCUT2D eigenvalue weighted by molar-refractivity contribution is -0.132. The zero-order chi connectivity index (χ0) is 29.4. The third-order valence-corrected chi connectivity index (χ3v) is 8.26. The topological polar surface area (TPSA) is 89.0 Å². The third kappa shape index (κ3) is 5.01. The van der Waals surface area contributed by atoms with Gasteiger partial charge >= 0.3 is 5.91 Å². The lowest BCUT2D eigenvalue weighted by atomic mass is 9.95. The Morgan fingerprint density at radius 2 is 1.69 bits per heavy atom. The highest BCUT2D eigenvalue weighted by atomic mass is 32.1. The molecule has 0 saturated carbocycles. The van der Waals surface area contributed by atoms with Crippen LogP contribution in [0.3, 0.4) is 0 Å². The molecule has 1 amide bonds. The van der Waals surface area contributed by atoms with Crippen LogP contribution in [0, 0.1) is 13.8 Å². The first-order valence-electron chi connectivity index (χ1n) is 13.4. The molecule has 1 atom stereocenters. The molecule has 0 aliphatic carbocycles. The second kappa shape index (κ2) is 11.1. The number of hydrogen-bond acceptors (Lipinski definition) is 7. The van der Waals surface area contributed by atoms with E-state index >= 15 is 0 Å². The Balaban J connectivity index is 1.48. The maximum atomic E-state index is 13.7. The number of nitrogens with zero attached hydrogens (tertiary/aromatic N) is 2. The van der Waals surface area contributed by atoms with Crippen LogP contribution in [0.5, 0.6) is 11.5 Å². The number of amides is 1. The van der Waals surface area contributed by atoms with Gasteiger partial charge in [0.25, 0.3) is 5.78 Å². The fourth-order valence-corrected chi connectivity index (χ4v) is 6.40. The summed E-state index contributed by atoms with van der Waals surface area (Å²) in [6, 6.07) is 26.9. The van der Waals surface area contributed by atoms with Gasteiger partial charge in [-0.15, -0.1) is 0 Å². The molecule has 6 rings (SSSR count). The summed E-state index contributed by atoms with van der Waals surface area (Å²) in [6.45, 7) is 4.34. The lowest BCUT2D eigenvalue weighted by Gasteiger charge is -2.23. The molecule has 1 unspecified atom stereocenters. The first-order valence-corrected chi connectivity index (χ1v) is 14.3. The number of ether oxygens (including phenoxy) is 2. The molecule has 7 nitrogen and oxygen atoms in total. The normalized spacial score (nSPS) is 16.3. The van der Waals surface area contributed by atoms with Crippen molar-refractivity contribution in [2.45, 2.75) is 26.5 Å². The molecule has 1 N–H and O–H groups in total. The first-order chi connectivity index (χ1) is 20.3. The number of methoxy groups -OCH3 is 1. The molecule has 0 bridgehead atoms. The van der Waals surface area contributed by atoms with E-state index in [0.717, 1.165) is 26.9 Å². The first kappa shape index (κ1) is 27.2. The van der Waals surface area contributed by atoms with Gasteiger partial charge < -0.3 is 14.6 Å². The molecule has 8 heteroatoms. The van der Waals surface area contributed by atoms with Crippen LogP contribution in [0.2, 0.25) is 0 Å². The molecule has 0 spiro atoms. The van der Waals surface area contributed by atoms with Gasteiger partial charge in [0.15, 0.2) is 5.13 Å². The van der Waals surface area contributed by atoms with Crippen molar-refractivity contribution in [1.82, 2.24) is 4.98 Å². The number of aromatic nitrogens is 1. The van der Waals surface area contributed by atoms with E-state index in [1.807, 2.05) is 74.5 Å². The summed E-state index contributed by atoms with van der Waals surface area (Å²) in [6.07, 6.45) is 0. The lowest BCUT2D eigenvalue weighted by Crippen LogP contribution is -2.29. The Morgan fingerprint density at radius 1 is 0.929 bits per heavy atom. The number of aryl methyl sites for hydroxylation is 2. The number of carbonyl (C=O) groups excluding carboxylic acids is 2. The van der Waals surface area contributed by atoms with Crippen molar-refractivity contribution < 1.29 is 24.2 Å². The molecule has 5 aromatic rings. The summed E-state index contributed by atoms with van der Waals surface area (Å²) < 4.78 is 12.2. The average Bonchev–Trinajstić information content (AvgIpc) is 3.54. The van der Waals surface area contributed by atoms with Gasteiger partial charge in [0, 0.05) is 5.56 Å². The largest absolute Gasteiger partial charge is 0.507 e. The fraction of sp³-hybridized carbons (Fsp3) is 0.147. The number of carbonyl (C=O) groups is 2. The van der Waals surface area contributed by atoms with Crippen molar-refractivity contribution in [1.29, 1.82) is 0 Å². The van der Waals surface area contributed by atoms with Crippen molar-refractivity contribution in [3.05, 3.63) is 124 Å². The second-order valence-corrected chi connectivity index (χ2v) is 11.2. The van der Waals surface area contributed by atoms with Gasteiger partial charge in [0.05, 0.1) is 28.9 Å². The van der Waals surface area contributed by atoms with Crippen LogP contribution in [-0.2, 0) is 16.2 Å². The van der Waals surface area contributed by atoms with Gasteiger partial charge in [-0.25, -0.2) is 4.98 Å². The van der Waals surface area contributed by atoms with E-state index in [0.29, 0.717) is 34.4 Å². The molecule has 42 heavy (non-hydrogen) atoms. The molecule has 4 aromatic carbocycles. The summed E-state index contributed by atoms with van der Waals surface area (Å²) >= 11 is 1.34. The number of ketones is 1. The van der Waals surface area contributed by atoms with E-state index in [-0.39, 0.29) is 11.3 Å². The van der Waals surface area contributed by atoms with Gasteiger partial charge in [0.1, 0.15) is 23.9 Å². The van der Waals surface area contributed by atoms with Gasteiger partial charge in [-0.2, -0.15) is 0 Å². The highest BCUT2D eigenvalue weighted by Gasteiger charge is 2.48. The predicted octanol–water partition coefficient (Wildman–Crippen LogP) is 7.13. The Hall–Kier alpha value is -4.95. The number of rotatable bonds is 7. The van der Waals surface area contributed by atoms with Crippen LogP contribution in [-0.4, -0.2) is 28.9 Å². The smallest absolute Gasteiger partial charge is 0.301 e. The van der Waals surface area contributed by atoms with Crippen LogP contribution in [0.15, 0.2) is 96.6 Å². The fourth-order valence-electron chi connectivity index (χ4n) is 5.23. The van der Waals surface area contributed by atoms with Crippen LogP contribution in [0.1, 0.15) is 33.9 Å². The average molecular weight is 577 g/mol. The van der Waals surface area contributed by atoms with Crippen molar-refractivity contribution in [2.75, 3.05) is 12.0 Å². The molecule has 1 aromatic heterocycles. The number of fused-ring (bicyclic) bond motifs is 1. The molecule has 1 fully saturated rings. The molecular weight excluding hydrogens is 548 g/mol. The maximum absolute atomic E-state index is 13.7. The molecule has 1 aliphatic heterocycles. The Kier molecular flexibility index (Phi) is 7.22. The van der Waals surface area contributed by atoms with Crippen molar-refractivity contribution in [2.24, 2.45) is 0 Å². The number of hydrogen-bond donors (Lipinski definition) is 1. The van der Waals surface area contributed by atoms with Crippen LogP contribution >= 0.6 is 11.3 Å². The SMILES string of the molecule is COc1ccc(C(O)=C2C(=O)C(=O)N(c3nc4c(C)cc(C)cc4s3)C2c2cccc(OCc3ccccc3)c2)cc1.